The molecule has 0 bridgehead atoms. The highest BCUT2D eigenvalue weighted by Gasteiger charge is 2.22. The molecule has 0 saturated heterocycles. The second-order valence-corrected chi connectivity index (χ2v) is 9.43. The van der Waals surface area contributed by atoms with Gasteiger partial charge in [-0.25, -0.2) is 17.8 Å². The first kappa shape index (κ1) is 21.4. The molecule has 1 heterocycles. The monoisotopic (exact) mass is 435 g/mol. The predicted octanol–water partition coefficient (Wildman–Crippen LogP) is 4.50. The first-order chi connectivity index (χ1) is 13.8. The highest BCUT2D eigenvalue weighted by atomic mass is 32.2. The summed E-state index contributed by atoms with van der Waals surface area (Å²) in [6, 6.07) is 10.0. The summed E-state index contributed by atoms with van der Waals surface area (Å²) in [5.74, 6) is -0.775. The second kappa shape index (κ2) is 8.98. The summed E-state index contributed by atoms with van der Waals surface area (Å²) in [7, 11) is -3.59. The van der Waals surface area contributed by atoms with Crippen LogP contribution in [0.5, 0.6) is 0 Å². The minimum atomic E-state index is -3.59. The van der Waals surface area contributed by atoms with Crippen molar-refractivity contribution in [2.24, 2.45) is 0 Å². The van der Waals surface area contributed by atoms with Crippen LogP contribution in [0.2, 0.25) is 0 Å². The van der Waals surface area contributed by atoms with Gasteiger partial charge in [0.2, 0.25) is 10.0 Å². The van der Waals surface area contributed by atoms with Gasteiger partial charge in [-0.15, -0.1) is 0 Å². The molecule has 0 atom stereocenters. The van der Waals surface area contributed by atoms with Crippen LogP contribution in [0.3, 0.4) is 0 Å². The van der Waals surface area contributed by atoms with Crippen LogP contribution in [-0.4, -0.2) is 36.7 Å². The van der Waals surface area contributed by atoms with Gasteiger partial charge in [-0.05, 0) is 48.9 Å². The highest BCUT2D eigenvalue weighted by molar-refractivity contribution is 7.89. The number of hydrogen-bond acceptors (Lipinski definition) is 5. The molecule has 0 aliphatic rings. The van der Waals surface area contributed by atoms with Crippen molar-refractivity contribution in [1.29, 1.82) is 0 Å². The first-order valence-electron chi connectivity index (χ1n) is 9.32. The van der Waals surface area contributed by atoms with Crippen molar-refractivity contribution < 1.29 is 17.6 Å². The van der Waals surface area contributed by atoms with Crippen LogP contribution in [0.4, 0.5) is 9.52 Å². The van der Waals surface area contributed by atoms with E-state index in [-0.39, 0.29) is 10.7 Å². The number of nitrogens with one attached hydrogen (secondary N) is 1. The lowest BCUT2D eigenvalue weighted by Gasteiger charge is -2.20. The minimum Gasteiger partial charge on any atom is -0.298 e. The molecule has 0 aliphatic carbocycles. The van der Waals surface area contributed by atoms with Crippen LogP contribution in [0.25, 0.3) is 10.2 Å². The Balaban J connectivity index is 1.75. The van der Waals surface area contributed by atoms with E-state index in [0.29, 0.717) is 34.0 Å². The average Bonchev–Trinajstić information content (AvgIpc) is 3.09. The van der Waals surface area contributed by atoms with Crippen molar-refractivity contribution in [3.8, 4) is 0 Å². The Morgan fingerprint density at radius 3 is 2.55 bits per heavy atom. The zero-order valence-electron chi connectivity index (χ0n) is 16.2. The van der Waals surface area contributed by atoms with E-state index in [9.17, 15) is 17.6 Å². The molecule has 3 rings (SSSR count). The fourth-order valence-corrected chi connectivity index (χ4v) is 5.20. The second-order valence-electron chi connectivity index (χ2n) is 6.46. The first-order valence-corrected chi connectivity index (χ1v) is 11.6. The summed E-state index contributed by atoms with van der Waals surface area (Å²) in [6.45, 7) is 4.67. The molecule has 2 aromatic carbocycles. The standard InChI is InChI=1S/C20H22FN3O3S2/c1-3-5-12-24(4-2)29(26,27)16-9-6-14(7-10-16)19(25)23-20-22-17-11-8-15(21)13-18(17)28-20/h6-11,13H,3-5,12H2,1-2H3,(H,22,23,25). The average molecular weight is 436 g/mol. The molecule has 1 amide bonds. The van der Waals surface area contributed by atoms with E-state index in [4.69, 9.17) is 0 Å². The zero-order chi connectivity index (χ0) is 21.0. The molecule has 0 radical (unpaired) electrons. The fraction of sp³-hybridized carbons (Fsp3) is 0.300. The van der Waals surface area contributed by atoms with E-state index in [0.717, 1.165) is 12.8 Å². The van der Waals surface area contributed by atoms with E-state index < -0.39 is 15.9 Å². The molecule has 154 valence electrons. The van der Waals surface area contributed by atoms with Gasteiger partial charge < -0.3 is 0 Å². The van der Waals surface area contributed by atoms with Crippen LogP contribution in [0, 0.1) is 5.82 Å². The van der Waals surface area contributed by atoms with E-state index in [2.05, 4.69) is 10.3 Å². The molecule has 0 aliphatic heterocycles. The Labute approximate surface area is 173 Å². The summed E-state index contributed by atoms with van der Waals surface area (Å²) in [6.07, 6.45) is 1.70. The van der Waals surface area contributed by atoms with E-state index in [1.807, 2.05) is 6.92 Å². The molecule has 0 unspecified atom stereocenters. The van der Waals surface area contributed by atoms with Crippen LogP contribution in [-0.2, 0) is 10.0 Å². The molecule has 29 heavy (non-hydrogen) atoms. The van der Waals surface area contributed by atoms with Crippen molar-refractivity contribution in [3.63, 3.8) is 0 Å². The topological polar surface area (TPSA) is 79.4 Å². The number of hydrogen-bond donors (Lipinski definition) is 1. The Bertz CT molecular complexity index is 1110. The number of sulfonamides is 1. The number of carbonyl (C=O) groups is 1. The number of amides is 1. The summed E-state index contributed by atoms with van der Waals surface area (Å²) in [5.41, 5.74) is 0.908. The largest absolute Gasteiger partial charge is 0.298 e. The van der Waals surface area contributed by atoms with Gasteiger partial charge >= 0.3 is 0 Å². The van der Waals surface area contributed by atoms with Crippen molar-refractivity contribution in [1.82, 2.24) is 9.29 Å². The van der Waals surface area contributed by atoms with Crippen molar-refractivity contribution >= 4 is 42.6 Å². The van der Waals surface area contributed by atoms with Gasteiger partial charge in [-0.3, -0.25) is 10.1 Å². The normalized spacial score (nSPS) is 11.9. The number of aromatic nitrogens is 1. The SMILES string of the molecule is CCCCN(CC)S(=O)(=O)c1ccc(C(=O)Nc2nc3ccc(F)cc3s2)cc1. The fourth-order valence-electron chi connectivity index (χ4n) is 2.83. The number of fused-ring (bicyclic) bond motifs is 1. The summed E-state index contributed by atoms with van der Waals surface area (Å²) in [4.78, 5) is 16.9. The number of unbranched alkanes of at least 4 members (excludes halogenated alkanes) is 1. The maximum atomic E-state index is 13.3. The Hall–Kier alpha value is -2.36. The third-order valence-corrected chi connectivity index (χ3v) is 7.36. The molecule has 1 aromatic heterocycles. The minimum absolute atomic E-state index is 0.155. The molecule has 3 aromatic rings. The third kappa shape index (κ3) is 4.80. The van der Waals surface area contributed by atoms with Crippen molar-refractivity contribution in [3.05, 3.63) is 53.8 Å². The quantitative estimate of drug-likeness (QED) is 0.565. The van der Waals surface area contributed by atoms with Gasteiger partial charge in [0.1, 0.15) is 5.82 Å². The Morgan fingerprint density at radius 1 is 1.17 bits per heavy atom. The van der Waals surface area contributed by atoms with Gasteiger partial charge in [-0.2, -0.15) is 4.31 Å². The van der Waals surface area contributed by atoms with Gasteiger partial charge in [0, 0.05) is 18.7 Å². The van der Waals surface area contributed by atoms with E-state index in [1.54, 1.807) is 13.0 Å². The van der Waals surface area contributed by atoms with Crippen molar-refractivity contribution in [2.75, 3.05) is 18.4 Å². The lowest BCUT2D eigenvalue weighted by molar-refractivity contribution is 0.102. The lowest BCUT2D eigenvalue weighted by atomic mass is 10.2. The number of benzene rings is 2. The number of anilines is 1. The molecule has 0 fully saturated rings. The zero-order valence-corrected chi connectivity index (χ0v) is 17.8. The maximum Gasteiger partial charge on any atom is 0.257 e. The molecule has 9 heteroatoms. The molecular formula is C20H22FN3O3S2. The number of carbonyl (C=O) groups excluding carboxylic acids is 1. The van der Waals surface area contributed by atoms with Gasteiger partial charge in [-0.1, -0.05) is 31.6 Å². The lowest BCUT2D eigenvalue weighted by Crippen LogP contribution is -2.31. The predicted molar refractivity (Wildman–Crippen MR) is 113 cm³/mol. The maximum absolute atomic E-state index is 13.3. The molecule has 6 nitrogen and oxygen atoms in total. The molecule has 0 spiro atoms. The van der Waals surface area contributed by atoms with E-state index in [1.165, 1.54) is 52.0 Å². The van der Waals surface area contributed by atoms with Gasteiger partial charge in [0.05, 0.1) is 15.1 Å². The van der Waals surface area contributed by atoms with Crippen LogP contribution >= 0.6 is 11.3 Å². The summed E-state index contributed by atoms with van der Waals surface area (Å²) in [5, 5.41) is 3.02. The smallest absolute Gasteiger partial charge is 0.257 e. The van der Waals surface area contributed by atoms with Crippen LogP contribution < -0.4 is 5.32 Å². The molecule has 0 saturated carbocycles. The van der Waals surface area contributed by atoms with E-state index >= 15 is 0 Å². The number of nitrogens with zero attached hydrogens (tertiary/aromatic N) is 2. The van der Waals surface area contributed by atoms with Crippen LogP contribution in [0.1, 0.15) is 37.0 Å². The number of thiazole rings is 1. The van der Waals surface area contributed by atoms with Gasteiger partial charge in [0.15, 0.2) is 5.13 Å². The summed E-state index contributed by atoms with van der Waals surface area (Å²) < 4.78 is 40.9. The number of rotatable bonds is 8. The Kier molecular flexibility index (Phi) is 6.61. The van der Waals surface area contributed by atoms with Gasteiger partial charge in [0.25, 0.3) is 5.91 Å². The Morgan fingerprint density at radius 2 is 1.90 bits per heavy atom. The molecule has 1 N–H and O–H groups in total. The third-order valence-electron chi connectivity index (χ3n) is 4.44. The van der Waals surface area contributed by atoms with Crippen LogP contribution in [0.15, 0.2) is 47.4 Å². The highest BCUT2D eigenvalue weighted by Crippen LogP contribution is 2.27. The van der Waals surface area contributed by atoms with Crippen molar-refractivity contribution in [2.45, 2.75) is 31.6 Å². The number of halogens is 1. The summed E-state index contributed by atoms with van der Waals surface area (Å²) >= 11 is 1.17. The molecular weight excluding hydrogens is 413 g/mol.